The molecule has 0 aliphatic heterocycles. The maximum absolute atomic E-state index is 10.4. The van der Waals surface area contributed by atoms with Crippen LogP contribution in [0.1, 0.15) is 38.8 Å². The Bertz CT molecular complexity index is 355. The summed E-state index contributed by atoms with van der Waals surface area (Å²) in [5, 5.41) is 14.7. The molecular formula is C11H17BrN2O. The van der Waals surface area contributed by atoms with E-state index in [2.05, 4.69) is 34.9 Å². The van der Waals surface area contributed by atoms with E-state index >= 15 is 0 Å². The summed E-state index contributed by atoms with van der Waals surface area (Å²) in [6.45, 7) is 5.16. The van der Waals surface area contributed by atoms with Crippen LogP contribution in [0, 0.1) is 5.92 Å². The zero-order valence-electron chi connectivity index (χ0n) is 9.20. The van der Waals surface area contributed by atoms with Gasteiger partial charge in [-0.15, -0.1) is 0 Å². The van der Waals surface area contributed by atoms with Crippen molar-refractivity contribution in [3.63, 3.8) is 0 Å². The van der Waals surface area contributed by atoms with Crippen LogP contribution in [0.5, 0.6) is 0 Å². The zero-order valence-corrected chi connectivity index (χ0v) is 10.8. The SMILES string of the molecule is CCCn1ncc(Br)c1C1(O)CC(C)C1. The van der Waals surface area contributed by atoms with Crippen molar-refractivity contribution in [2.75, 3.05) is 0 Å². The van der Waals surface area contributed by atoms with E-state index in [9.17, 15) is 5.11 Å². The molecule has 0 amide bonds. The van der Waals surface area contributed by atoms with Gasteiger partial charge in [-0.3, -0.25) is 4.68 Å². The van der Waals surface area contributed by atoms with Gasteiger partial charge in [-0.25, -0.2) is 0 Å². The number of rotatable bonds is 3. The molecule has 4 heteroatoms. The van der Waals surface area contributed by atoms with Crippen LogP contribution in [0.15, 0.2) is 10.7 Å². The van der Waals surface area contributed by atoms with Gasteiger partial charge in [0.1, 0.15) is 5.60 Å². The van der Waals surface area contributed by atoms with E-state index in [1.807, 2.05) is 4.68 Å². The van der Waals surface area contributed by atoms with E-state index in [1.54, 1.807) is 6.20 Å². The van der Waals surface area contributed by atoms with E-state index in [4.69, 9.17) is 0 Å². The van der Waals surface area contributed by atoms with Crippen molar-refractivity contribution in [2.45, 2.75) is 45.3 Å². The quantitative estimate of drug-likeness (QED) is 0.919. The van der Waals surface area contributed by atoms with Crippen LogP contribution < -0.4 is 0 Å². The average molecular weight is 273 g/mol. The van der Waals surface area contributed by atoms with Gasteiger partial charge < -0.3 is 5.11 Å². The second kappa shape index (κ2) is 3.91. The lowest BCUT2D eigenvalue weighted by molar-refractivity contribution is -0.0811. The highest BCUT2D eigenvalue weighted by atomic mass is 79.9. The van der Waals surface area contributed by atoms with Crippen molar-refractivity contribution in [3.8, 4) is 0 Å². The van der Waals surface area contributed by atoms with Crippen LogP contribution in [0.4, 0.5) is 0 Å². The van der Waals surface area contributed by atoms with Crippen molar-refractivity contribution in [1.82, 2.24) is 9.78 Å². The molecule has 1 N–H and O–H groups in total. The maximum Gasteiger partial charge on any atom is 0.108 e. The van der Waals surface area contributed by atoms with E-state index in [1.165, 1.54) is 0 Å². The Morgan fingerprint density at radius 3 is 2.87 bits per heavy atom. The van der Waals surface area contributed by atoms with E-state index in [0.717, 1.165) is 36.0 Å². The summed E-state index contributed by atoms with van der Waals surface area (Å²) in [6, 6.07) is 0. The minimum Gasteiger partial charge on any atom is -0.384 e. The summed E-state index contributed by atoms with van der Waals surface area (Å²) < 4.78 is 2.86. The van der Waals surface area contributed by atoms with Gasteiger partial charge in [0, 0.05) is 6.54 Å². The van der Waals surface area contributed by atoms with Gasteiger partial charge in [-0.05, 0) is 41.1 Å². The molecule has 0 unspecified atom stereocenters. The lowest BCUT2D eigenvalue weighted by Crippen LogP contribution is -2.42. The Balaban J connectivity index is 2.30. The molecule has 0 spiro atoms. The summed E-state index contributed by atoms with van der Waals surface area (Å²) in [6.07, 6.45) is 4.51. The molecule has 3 nitrogen and oxygen atoms in total. The second-order valence-electron chi connectivity index (χ2n) is 4.61. The molecule has 0 aromatic carbocycles. The molecule has 2 rings (SSSR count). The van der Waals surface area contributed by atoms with Crippen LogP contribution in [0.2, 0.25) is 0 Å². The number of halogens is 1. The number of nitrogens with zero attached hydrogens (tertiary/aromatic N) is 2. The predicted octanol–water partition coefficient (Wildman–Crippen LogP) is 2.67. The first-order valence-corrected chi connectivity index (χ1v) is 6.30. The molecule has 84 valence electrons. The lowest BCUT2D eigenvalue weighted by atomic mass is 9.70. The van der Waals surface area contributed by atoms with Crippen LogP contribution in [-0.2, 0) is 12.1 Å². The van der Waals surface area contributed by atoms with Crippen molar-refractivity contribution >= 4 is 15.9 Å². The van der Waals surface area contributed by atoms with Gasteiger partial charge in [0.05, 0.1) is 16.4 Å². The Morgan fingerprint density at radius 2 is 2.33 bits per heavy atom. The fraction of sp³-hybridized carbons (Fsp3) is 0.727. The topological polar surface area (TPSA) is 38.0 Å². The summed E-state index contributed by atoms with van der Waals surface area (Å²) >= 11 is 3.47. The fourth-order valence-electron chi connectivity index (χ4n) is 2.49. The van der Waals surface area contributed by atoms with Crippen LogP contribution in [0.3, 0.4) is 0 Å². The highest BCUT2D eigenvalue weighted by Gasteiger charge is 2.45. The molecule has 0 atom stereocenters. The molecular weight excluding hydrogens is 256 g/mol. The molecule has 1 fully saturated rings. The summed E-state index contributed by atoms with van der Waals surface area (Å²) in [5.41, 5.74) is 0.312. The standard InChI is InChI=1S/C11H17BrN2O/c1-3-4-14-10(9(12)7-13-14)11(15)5-8(2)6-11/h7-8,15H,3-6H2,1-2H3. The van der Waals surface area contributed by atoms with E-state index in [0.29, 0.717) is 5.92 Å². The average Bonchev–Trinajstić information content (AvgIpc) is 2.46. The first-order valence-electron chi connectivity index (χ1n) is 5.51. The Kier molecular flexibility index (Phi) is 2.90. The van der Waals surface area contributed by atoms with Crippen molar-refractivity contribution in [3.05, 3.63) is 16.4 Å². The molecule has 1 aliphatic carbocycles. The number of aliphatic hydroxyl groups is 1. The van der Waals surface area contributed by atoms with Crippen molar-refractivity contribution < 1.29 is 5.11 Å². The number of hydrogen-bond donors (Lipinski definition) is 1. The molecule has 0 bridgehead atoms. The smallest absolute Gasteiger partial charge is 0.108 e. The molecule has 0 saturated heterocycles. The van der Waals surface area contributed by atoms with Crippen molar-refractivity contribution in [1.29, 1.82) is 0 Å². The van der Waals surface area contributed by atoms with Gasteiger partial charge in [-0.1, -0.05) is 13.8 Å². The first kappa shape index (κ1) is 11.1. The molecule has 0 radical (unpaired) electrons. The zero-order chi connectivity index (χ0) is 11.1. The largest absolute Gasteiger partial charge is 0.384 e. The predicted molar refractivity (Wildman–Crippen MR) is 62.5 cm³/mol. The molecule has 1 aromatic heterocycles. The monoisotopic (exact) mass is 272 g/mol. The van der Waals surface area contributed by atoms with Crippen LogP contribution in [0.25, 0.3) is 0 Å². The third kappa shape index (κ3) is 1.85. The Hall–Kier alpha value is -0.350. The summed E-state index contributed by atoms with van der Waals surface area (Å²) in [4.78, 5) is 0. The molecule has 1 aliphatic rings. The number of aryl methyl sites for hydroxylation is 1. The maximum atomic E-state index is 10.4. The van der Waals surface area contributed by atoms with Gasteiger partial charge in [0.25, 0.3) is 0 Å². The van der Waals surface area contributed by atoms with Crippen LogP contribution in [-0.4, -0.2) is 14.9 Å². The van der Waals surface area contributed by atoms with Gasteiger partial charge in [0.2, 0.25) is 0 Å². The Morgan fingerprint density at radius 1 is 1.67 bits per heavy atom. The van der Waals surface area contributed by atoms with E-state index in [-0.39, 0.29) is 0 Å². The normalized spacial score (nSPS) is 30.3. The minimum atomic E-state index is -0.649. The van der Waals surface area contributed by atoms with Gasteiger partial charge >= 0.3 is 0 Å². The molecule has 1 heterocycles. The minimum absolute atomic E-state index is 0.617. The van der Waals surface area contributed by atoms with Gasteiger partial charge in [0.15, 0.2) is 0 Å². The number of aromatic nitrogens is 2. The number of hydrogen-bond acceptors (Lipinski definition) is 2. The summed E-state index contributed by atoms with van der Waals surface area (Å²) in [7, 11) is 0. The van der Waals surface area contributed by atoms with E-state index < -0.39 is 5.60 Å². The Labute approximate surface area is 98.6 Å². The molecule has 1 saturated carbocycles. The lowest BCUT2D eigenvalue weighted by Gasteiger charge is -2.42. The first-order chi connectivity index (χ1) is 7.07. The van der Waals surface area contributed by atoms with Gasteiger partial charge in [-0.2, -0.15) is 5.10 Å². The third-order valence-electron chi connectivity index (χ3n) is 3.04. The highest BCUT2D eigenvalue weighted by molar-refractivity contribution is 9.10. The fourth-order valence-corrected chi connectivity index (χ4v) is 3.16. The summed E-state index contributed by atoms with van der Waals surface area (Å²) in [5.74, 6) is 0.617. The molecule has 1 aromatic rings. The highest BCUT2D eigenvalue weighted by Crippen LogP contribution is 2.47. The molecule has 15 heavy (non-hydrogen) atoms. The third-order valence-corrected chi connectivity index (χ3v) is 3.62. The van der Waals surface area contributed by atoms with Crippen LogP contribution >= 0.6 is 15.9 Å². The second-order valence-corrected chi connectivity index (χ2v) is 5.46. The van der Waals surface area contributed by atoms with Crippen molar-refractivity contribution in [2.24, 2.45) is 5.92 Å².